The summed E-state index contributed by atoms with van der Waals surface area (Å²) in [4.78, 5) is 13.0. The van der Waals surface area contributed by atoms with E-state index in [9.17, 15) is 15.3 Å². The van der Waals surface area contributed by atoms with Crippen LogP contribution in [-0.2, 0) is 0 Å². The van der Waals surface area contributed by atoms with Crippen LogP contribution in [0.25, 0.3) is 67.7 Å². The van der Waals surface area contributed by atoms with E-state index < -0.39 is 0 Å². The number of hydrogen-bond acceptors (Lipinski definition) is 9. The molecule has 0 saturated carbocycles. The van der Waals surface area contributed by atoms with Gasteiger partial charge in [0.25, 0.3) is 0 Å². The molecule has 0 saturated heterocycles. The van der Waals surface area contributed by atoms with Crippen LogP contribution in [0.5, 0.6) is 17.2 Å². The van der Waals surface area contributed by atoms with Crippen LogP contribution in [0.4, 0.5) is 0 Å². The summed E-state index contributed by atoms with van der Waals surface area (Å²) in [5.41, 5.74) is 6.38. The van der Waals surface area contributed by atoms with Gasteiger partial charge >= 0.3 is 0 Å². The summed E-state index contributed by atoms with van der Waals surface area (Å²) in [6.45, 7) is 0. The second kappa shape index (κ2) is 15.0. The molecule has 1 radical (unpaired) electrons. The molecule has 10 heteroatoms. The third kappa shape index (κ3) is 7.42. The van der Waals surface area contributed by atoms with Crippen molar-refractivity contribution in [2.45, 2.75) is 0 Å². The summed E-state index contributed by atoms with van der Waals surface area (Å²) in [6, 6.07) is 43.6. The Morgan fingerprint density at radius 1 is 0.327 bits per heavy atom. The molecule has 0 aliphatic rings. The van der Waals surface area contributed by atoms with Crippen LogP contribution in [0.15, 0.2) is 159 Å². The van der Waals surface area contributed by atoms with Gasteiger partial charge in [-0.1, -0.05) is 72.8 Å². The zero-order valence-electron chi connectivity index (χ0n) is 25.8. The molecule has 9 rings (SSSR count). The molecular formula is C39H27LaN3O6. The van der Waals surface area contributed by atoms with Crippen molar-refractivity contribution in [1.29, 1.82) is 0 Å². The quantitative estimate of drug-likeness (QED) is 0.160. The Bertz CT molecular complexity index is 2110. The van der Waals surface area contributed by atoms with Crippen molar-refractivity contribution in [2.24, 2.45) is 0 Å². The molecule has 3 N–H and O–H groups in total. The monoisotopic (exact) mass is 772 g/mol. The van der Waals surface area contributed by atoms with E-state index in [1.54, 1.807) is 54.6 Å². The maximum absolute atomic E-state index is 9.69. The van der Waals surface area contributed by atoms with Crippen LogP contribution in [0.2, 0.25) is 0 Å². The summed E-state index contributed by atoms with van der Waals surface area (Å²) in [5, 5.41) is 29.1. The van der Waals surface area contributed by atoms with Gasteiger partial charge in [0, 0.05) is 35.6 Å². The number of fused-ring (bicyclic) bond motifs is 3. The number of aromatic nitrogens is 3. The van der Waals surface area contributed by atoms with Gasteiger partial charge in [-0.2, -0.15) is 0 Å². The molecule has 6 aromatic carbocycles. The molecule has 0 amide bonds. The van der Waals surface area contributed by atoms with Crippen LogP contribution in [0.3, 0.4) is 0 Å². The summed E-state index contributed by atoms with van der Waals surface area (Å²) in [7, 11) is 0. The van der Waals surface area contributed by atoms with Gasteiger partial charge in [0.2, 0.25) is 17.7 Å². The van der Waals surface area contributed by atoms with Gasteiger partial charge in [-0.05, 0) is 72.8 Å². The summed E-state index contributed by atoms with van der Waals surface area (Å²) < 4.78 is 16.7. The number of para-hydroxylation sites is 9. The van der Waals surface area contributed by atoms with Crippen molar-refractivity contribution in [1.82, 2.24) is 15.0 Å². The Morgan fingerprint density at radius 3 is 0.837 bits per heavy atom. The average Bonchev–Trinajstić information content (AvgIpc) is 3.86. The first-order valence-corrected chi connectivity index (χ1v) is 15.0. The smallest absolute Gasteiger partial charge is 0.231 e. The summed E-state index contributed by atoms with van der Waals surface area (Å²) in [6.07, 6.45) is 0. The second-order valence-corrected chi connectivity index (χ2v) is 10.5. The zero-order chi connectivity index (χ0) is 32.9. The summed E-state index contributed by atoms with van der Waals surface area (Å²) >= 11 is 0. The Labute approximate surface area is 307 Å². The molecule has 0 atom stereocenters. The number of hydrogen-bond donors (Lipinski definition) is 3. The zero-order valence-corrected chi connectivity index (χ0v) is 29.5. The SMILES string of the molecule is Oc1ccccc1-c1nc2ccccc2o1.Oc1ccccc1-c1nc2ccccc2o1.Oc1ccccc1-c1nc2ccccc2o1.[La]. The van der Waals surface area contributed by atoms with Gasteiger partial charge in [-0.3, -0.25) is 0 Å². The fourth-order valence-electron chi connectivity index (χ4n) is 4.93. The van der Waals surface area contributed by atoms with Crippen LogP contribution in [0, 0.1) is 35.6 Å². The first-order chi connectivity index (χ1) is 23.5. The number of oxazole rings is 3. The van der Waals surface area contributed by atoms with Gasteiger partial charge < -0.3 is 28.6 Å². The molecule has 0 aliphatic heterocycles. The first kappa shape index (κ1) is 33.2. The Morgan fingerprint density at radius 2 is 0.571 bits per heavy atom. The Hall–Kier alpha value is -5.68. The predicted octanol–water partition coefficient (Wildman–Crippen LogP) is 9.60. The fourth-order valence-corrected chi connectivity index (χ4v) is 4.93. The maximum Gasteiger partial charge on any atom is 0.231 e. The van der Waals surface area contributed by atoms with Gasteiger partial charge in [0.15, 0.2) is 16.7 Å². The van der Waals surface area contributed by atoms with Crippen LogP contribution >= 0.6 is 0 Å². The minimum atomic E-state index is 0. The molecular weight excluding hydrogens is 745 g/mol. The van der Waals surface area contributed by atoms with Crippen molar-refractivity contribution in [3.05, 3.63) is 146 Å². The van der Waals surface area contributed by atoms with E-state index in [0.717, 1.165) is 33.3 Å². The Kier molecular flexibility index (Phi) is 10.2. The van der Waals surface area contributed by atoms with Crippen LogP contribution in [-0.4, -0.2) is 30.3 Å². The van der Waals surface area contributed by atoms with E-state index in [1.807, 2.05) is 91.0 Å². The van der Waals surface area contributed by atoms with Crippen molar-refractivity contribution in [3.63, 3.8) is 0 Å². The number of rotatable bonds is 3. The normalized spacial score (nSPS) is 10.5. The molecule has 3 heterocycles. The van der Waals surface area contributed by atoms with E-state index in [4.69, 9.17) is 13.3 Å². The molecule has 49 heavy (non-hydrogen) atoms. The molecule has 0 aliphatic carbocycles. The van der Waals surface area contributed by atoms with E-state index >= 15 is 0 Å². The number of nitrogens with zero attached hydrogens (tertiary/aromatic N) is 3. The summed E-state index contributed by atoms with van der Waals surface area (Å²) in [5.74, 6) is 1.86. The fraction of sp³-hybridized carbons (Fsp3) is 0. The van der Waals surface area contributed by atoms with Gasteiger partial charge in [-0.25, -0.2) is 15.0 Å². The standard InChI is InChI=1S/3C13H9NO2.La/c3*15-11-7-3-1-5-9(11)13-14-10-6-2-4-8-12(10)16-13;/h3*1-8,15H;. The van der Waals surface area contributed by atoms with Crippen molar-refractivity contribution < 1.29 is 64.2 Å². The van der Waals surface area contributed by atoms with Crippen molar-refractivity contribution >= 4 is 33.3 Å². The molecule has 0 spiro atoms. The Balaban J connectivity index is 0.000000126. The van der Waals surface area contributed by atoms with E-state index in [-0.39, 0.29) is 52.8 Å². The molecule has 9 aromatic rings. The van der Waals surface area contributed by atoms with E-state index in [1.165, 1.54) is 0 Å². The van der Waals surface area contributed by atoms with Crippen molar-refractivity contribution in [3.8, 4) is 51.6 Å². The largest absolute Gasteiger partial charge is 0.507 e. The number of phenolic OH excluding ortho intramolecular Hbond substituents is 3. The van der Waals surface area contributed by atoms with E-state index in [0.29, 0.717) is 34.4 Å². The third-order valence-electron chi connectivity index (χ3n) is 7.29. The minimum absolute atomic E-state index is 0. The first-order valence-electron chi connectivity index (χ1n) is 15.0. The average molecular weight is 773 g/mol. The topological polar surface area (TPSA) is 139 Å². The number of benzene rings is 6. The van der Waals surface area contributed by atoms with Crippen molar-refractivity contribution in [2.75, 3.05) is 0 Å². The van der Waals surface area contributed by atoms with Gasteiger partial charge in [0.05, 0.1) is 16.7 Å². The maximum atomic E-state index is 9.69. The van der Waals surface area contributed by atoms with Crippen LogP contribution < -0.4 is 0 Å². The molecule has 0 bridgehead atoms. The molecule has 0 fully saturated rings. The van der Waals surface area contributed by atoms with Crippen LogP contribution in [0.1, 0.15) is 0 Å². The van der Waals surface area contributed by atoms with Gasteiger partial charge in [0.1, 0.15) is 33.8 Å². The molecule has 3 aromatic heterocycles. The minimum Gasteiger partial charge on any atom is -0.507 e. The van der Waals surface area contributed by atoms with E-state index in [2.05, 4.69) is 15.0 Å². The molecule has 9 nitrogen and oxygen atoms in total. The molecule has 237 valence electrons. The third-order valence-corrected chi connectivity index (χ3v) is 7.29. The number of aromatic hydroxyl groups is 3. The second-order valence-electron chi connectivity index (χ2n) is 10.5. The predicted molar refractivity (Wildman–Crippen MR) is 183 cm³/mol. The molecule has 0 unspecified atom stereocenters. The number of phenols is 3. The van der Waals surface area contributed by atoms with Gasteiger partial charge in [-0.15, -0.1) is 0 Å².